The molecule has 4 nitrogen and oxygen atoms in total. The maximum Gasteiger partial charge on any atom is 0.136 e. The van der Waals surface area contributed by atoms with Gasteiger partial charge in [-0.05, 0) is 38.5 Å². The largest absolute Gasteiger partial charge is 0.370 e. The second kappa shape index (κ2) is 6.42. The van der Waals surface area contributed by atoms with Gasteiger partial charge in [-0.3, -0.25) is 0 Å². The van der Waals surface area contributed by atoms with Crippen LogP contribution in [-0.4, -0.2) is 23.1 Å². The van der Waals surface area contributed by atoms with Crippen LogP contribution in [0.25, 0.3) is 0 Å². The van der Waals surface area contributed by atoms with Gasteiger partial charge in [0.15, 0.2) is 0 Å². The van der Waals surface area contributed by atoms with E-state index in [4.69, 9.17) is 4.98 Å². The number of rotatable bonds is 6. The lowest BCUT2D eigenvalue weighted by molar-refractivity contribution is 0.373. The highest BCUT2D eigenvalue weighted by atomic mass is 15.1. The molecule has 1 aromatic heterocycles. The van der Waals surface area contributed by atoms with Crippen LogP contribution in [0.15, 0.2) is 6.07 Å². The second-order valence-electron chi connectivity index (χ2n) is 6.19. The van der Waals surface area contributed by atoms with Crippen molar-refractivity contribution < 1.29 is 0 Å². The van der Waals surface area contributed by atoms with Gasteiger partial charge in [0.1, 0.15) is 17.5 Å². The smallest absolute Gasteiger partial charge is 0.136 e. The third kappa shape index (κ3) is 3.62. The van der Waals surface area contributed by atoms with Crippen LogP contribution in [0.3, 0.4) is 0 Å². The molecular formula is C16H26N4. The zero-order valence-corrected chi connectivity index (χ0v) is 12.5. The minimum Gasteiger partial charge on any atom is -0.370 e. The Bertz CT molecular complexity index is 436. The van der Waals surface area contributed by atoms with E-state index in [-0.39, 0.29) is 0 Å². The van der Waals surface area contributed by atoms with Crippen molar-refractivity contribution in [1.82, 2.24) is 9.97 Å². The first-order valence-electron chi connectivity index (χ1n) is 8.22. The fourth-order valence-electron chi connectivity index (χ4n) is 2.99. The molecule has 0 radical (unpaired) electrons. The summed E-state index contributed by atoms with van der Waals surface area (Å²) in [5.74, 6) is 4.42. The minimum atomic E-state index is 0.601. The standard InChI is InChI=1S/C16H26N4/c1-2-17-14-10-15(20-16(19-14)13-8-9-13)18-11-12-6-4-3-5-7-12/h10,12-13H,2-9,11H2,1H3,(H2,17,18,19,20). The molecule has 0 spiro atoms. The molecule has 0 bridgehead atoms. The topological polar surface area (TPSA) is 49.8 Å². The lowest BCUT2D eigenvalue weighted by Gasteiger charge is -2.22. The lowest BCUT2D eigenvalue weighted by Crippen LogP contribution is -2.18. The Hall–Kier alpha value is -1.32. The molecule has 2 aliphatic rings. The SMILES string of the molecule is CCNc1cc(NCC2CCCCC2)nc(C2CC2)n1. The Morgan fingerprint density at radius 3 is 2.35 bits per heavy atom. The highest BCUT2D eigenvalue weighted by Crippen LogP contribution is 2.38. The summed E-state index contributed by atoms with van der Waals surface area (Å²) in [6.07, 6.45) is 9.44. The maximum atomic E-state index is 4.70. The third-order valence-electron chi connectivity index (χ3n) is 4.34. The normalized spacial score (nSPS) is 19.9. The zero-order valence-electron chi connectivity index (χ0n) is 12.5. The zero-order chi connectivity index (χ0) is 13.8. The summed E-state index contributed by atoms with van der Waals surface area (Å²) in [5, 5.41) is 6.86. The van der Waals surface area contributed by atoms with Crippen molar-refractivity contribution >= 4 is 11.6 Å². The summed E-state index contributed by atoms with van der Waals surface area (Å²) in [6, 6.07) is 2.05. The Morgan fingerprint density at radius 1 is 1.00 bits per heavy atom. The van der Waals surface area contributed by atoms with Crippen LogP contribution < -0.4 is 10.6 Å². The molecule has 1 heterocycles. The van der Waals surface area contributed by atoms with Gasteiger partial charge in [-0.25, -0.2) is 9.97 Å². The van der Waals surface area contributed by atoms with E-state index in [1.165, 1.54) is 44.9 Å². The Balaban J connectivity index is 1.64. The average molecular weight is 274 g/mol. The number of nitrogens with zero attached hydrogens (tertiary/aromatic N) is 2. The lowest BCUT2D eigenvalue weighted by atomic mass is 9.89. The second-order valence-corrected chi connectivity index (χ2v) is 6.19. The fourth-order valence-corrected chi connectivity index (χ4v) is 2.99. The molecule has 2 N–H and O–H groups in total. The maximum absolute atomic E-state index is 4.70. The van der Waals surface area contributed by atoms with Gasteiger partial charge in [-0.2, -0.15) is 0 Å². The molecule has 0 saturated heterocycles. The van der Waals surface area contributed by atoms with Crippen molar-refractivity contribution in [1.29, 1.82) is 0 Å². The van der Waals surface area contributed by atoms with Crippen molar-refractivity contribution in [3.05, 3.63) is 11.9 Å². The van der Waals surface area contributed by atoms with Gasteiger partial charge in [0.2, 0.25) is 0 Å². The van der Waals surface area contributed by atoms with Gasteiger partial charge in [0, 0.05) is 25.1 Å². The Kier molecular flexibility index (Phi) is 4.38. The first kappa shape index (κ1) is 13.7. The number of nitrogens with one attached hydrogen (secondary N) is 2. The van der Waals surface area contributed by atoms with E-state index in [0.29, 0.717) is 5.92 Å². The van der Waals surface area contributed by atoms with E-state index in [1.54, 1.807) is 0 Å². The van der Waals surface area contributed by atoms with Crippen LogP contribution in [0.5, 0.6) is 0 Å². The first-order valence-corrected chi connectivity index (χ1v) is 8.22. The molecule has 0 aliphatic heterocycles. The molecule has 0 unspecified atom stereocenters. The van der Waals surface area contributed by atoms with E-state index in [0.717, 1.165) is 36.5 Å². The Labute approximate surface area is 121 Å². The minimum absolute atomic E-state index is 0.601. The van der Waals surface area contributed by atoms with Gasteiger partial charge in [-0.1, -0.05) is 19.3 Å². The molecule has 2 aliphatic carbocycles. The molecule has 0 atom stereocenters. The predicted molar refractivity (Wildman–Crippen MR) is 83.2 cm³/mol. The molecule has 1 aromatic rings. The first-order chi connectivity index (χ1) is 9.85. The van der Waals surface area contributed by atoms with Crippen LogP contribution in [0.1, 0.15) is 63.6 Å². The van der Waals surface area contributed by atoms with E-state index in [9.17, 15) is 0 Å². The number of anilines is 2. The van der Waals surface area contributed by atoms with Crippen molar-refractivity contribution in [3.63, 3.8) is 0 Å². The Morgan fingerprint density at radius 2 is 1.70 bits per heavy atom. The quantitative estimate of drug-likeness (QED) is 0.829. The monoisotopic (exact) mass is 274 g/mol. The number of hydrogen-bond donors (Lipinski definition) is 2. The van der Waals surface area contributed by atoms with E-state index >= 15 is 0 Å². The summed E-state index contributed by atoms with van der Waals surface area (Å²) in [6.45, 7) is 4.07. The van der Waals surface area contributed by atoms with Crippen LogP contribution in [0.2, 0.25) is 0 Å². The van der Waals surface area contributed by atoms with E-state index < -0.39 is 0 Å². The van der Waals surface area contributed by atoms with Crippen molar-refractivity contribution in [3.8, 4) is 0 Å². The van der Waals surface area contributed by atoms with Crippen LogP contribution in [0, 0.1) is 5.92 Å². The molecule has 110 valence electrons. The van der Waals surface area contributed by atoms with Crippen molar-refractivity contribution in [2.75, 3.05) is 23.7 Å². The van der Waals surface area contributed by atoms with E-state index in [2.05, 4.69) is 28.6 Å². The molecule has 20 heavy (non-hydrogen) atoms. The molecule has 0 amide bonds. The third-order valence-corrected chi connectivity index (χ3v) is 4.34. The number of aromatic nitrogens is 2. The van der Waals surface area contributed by atoms with Gasteiger partial charge in [-0.15, -0.1) is 0 Å². The summed E-state index contributed by atoms with van der Waals surface area (Å²) in [7, 11) is 0. The highest BCUT2D eigenvalue weighted by Gasteiger charge is 2.27. The van der Waals surface area contributed by atoms with Gasteiger partial charge in [0.25, 0.3) is 0 Å². The molecule has 4 heteroatoms. The van der Waals surface area contributed by atoms with E-state index in [1.807, 2.05) is 0 Å². The van der Waals surface area contributed by atoms with Gasteiger partial charge < -0.3 is 10.6 Å². The van der Waals surface area contributed by atoms with Crippen molar-refractivity contribution in [2.24, 2.45) is 5.92 Å². The average Bonchev–Trinajstić information content (AvgIpc) is 3.31. The summed E-state index contributed by atoms with van der Waals surface area (Å²) >= 11 is 0. The summed E-state index contributed by atoms with van der Waals surface area (Å²) in [5.41, 5.74) is 0. The van der Waals surface area contributed by atoms with Gasteiger partial charge in [0.05, 0.1) is 0 Å². The highest BCUT2D eigenvalue weighted by molar-refractivity contribution is 5.48. The number of hydrogen-bond acceptors (Lipinski definition) is 4. The van der Waals surface area contributed by atoms with Crippen LogP contribution in [0.4, 0.5) is 11.6 Å². The van der Waals surface area contributed by atoms with Crippen LogP contribution >= 0.6 is 0 Å². The summed E-state index contributed by atoms with van der Waals surface area (Å²) < 4.78 is 0. The van der Waals surface area contributed by atoms with Gasteiger partial charge >= 0.3 is 0 Å². The van der Waals surface area contributed by atoms with Crippen LogP contribution in [-0.2, 0) is 0 Å². The molecule has 3 rings (SSSR count). The predicted octanol–water partition coefficient (Wildman–Crippen LogP) is 3.78. The molecular weight excluding hydrogens is 248 g/mol. The molecule has 2 saturated carbocycles. The molecule has 0 aromatic carbocycles. The fraction of sp³-hybridized carbons (Fsp3) is 0.750. The molecule has 2 fully saturated rings. The van der Waals surface area contributed by atoms with Crippen molar-refractivity contribution in [2.45, 2.75) is 57.8 Å². The summed E-state index contributed by atoms with van der Waals surface area (Å²) in [4.78, 5) is 9.32.